The molecule has 6 nitrogen and oxygen atoms in total. The highest BCUT2D eigenvalue weighted by atomic mass is 32.2. The van der Waals surface area contributed by atoms with Crippen LogP contribution in [0.3, 0.4) is 0 Å². The molecule has 1 amide bonds. The molecule has 0 unspecified atom stereocenters. The first-order valence-corrected chi connectivity index (χ1v) is 8.27. The van der Waals surface area contributed by atoms with Gasteiger partial charge in [-0.1, -0.05) is 31.7 Å². The standard InChI is InChI=1S/C15H21N5OS/c1-11(2)9-20-14(6-5-13(16)21)18-19-15(20)22-10-12-4-3-7-17-8-12/h3-4,7-8,11H,5-6,9-10H2,1-2H3,(H2,16,21). The first-order chi connectivity index (χ1) is 10.6. The van der Waals surface area contributed by atoms with Crippen molar-refractivity contribution in [3.63, 3.8) is 0 Å². The van der Waals surface area contributed by atoms with Gasteiger partial charge < -0.3 is 10.3 Å². The fourth-order valence-corrected chi connectivity index (χ4v) is 2.93. The van der Waals surface area contributed by atoms with Gasteiger partial charge in [-0.15, -0.1) is 10.2 Å². The molecule has 0 fully saturated rings. The number of primary amides is 1. The molecule has 7 heteroatoms. The maximum Gasteiger partial charge on any atom is 0.217 e. The van der Waals surface area contributed by atoms with E-state index in [9.17, 15) is 4.79 Å². The van der Waals surface area contributed by atoms with E-state index < -0.39 is 0 Å². The van der Waals surface area contributed by atoms with Gasteiger partial charge in [-0.2, -0.15) is 0 Å². The van der Waals surface area contributed by atoms with E-state index in [1.54, 1.807) is 18.0 Å². The lowest BCUT2D eigenvalue weighted by Gasteiger charge is -2.12. The maximum absolute atomic E-state index is 11.0. The highest BCUT2D eigenvalue weighted by Crippen LogP contribution is 2.23. The van der Waals surface area contributed by atoms with Crippen LogP contribution in [0, 0.1) is 5.92 Å². The minimum atomic E-state index is -0.316. The molecule has 0 atom stereocenters. The number of hydrogen-bond donors (Lipinski definition) is 1. The number of amides is 1. The number of carbonyl (C=O) groups excluding carboxylic acids is 1. The second kappa shape index (κ2) is 7.93. The Hall–Kier alpha value is -1.89. The lowest BCUT2D eigenvalue weighted by molar-refractivity contribution is -0.118. The van der Waals surface area contributed by atoms with Crippen molar-refractivity contribution >= 4 is 17.7 Å². The molecule has 22 heavy (non-hydrogen) atoms. The Kier molecular flexibility index (Phi) is 5.94. The van der Waals surface area contributed by atoms with E-state index in [4.69, 9.17) is 5.73 Å². The lowest BCUT2D eigenvalue weighted by atomic mass is 10.2. The number of pyridine rings is 1. The molecule has 0 radical (unpaired) electrons. The van der Waals surface area contributed by atoms with Gasteiger partial charge in [0.15, 0.2) is 5.16 Å². The van der Waals surface area contributed by atoms with E-state index in [2.05, 4.69) is 33.6 Å². The Morgan fingerprint density at radius 2 is 2.23 bits per heavy atom. The van der Waals surface area contributed by atoms with Crippen molar-refractivity contribution in [2.45, 2.75) is 44.1 Å². The van der Waals surface area contributed by atoms with Crippen molar-refractivity contribution in [2.75, 3.05) is 0 Å². The molecule has 0 spiro atoms. The van der Waals surface area contributed by atoms with Crippen LogP contribution in [0.15, 0.2) is 29.7 Å². The molecule has 0 aliphatic carbocycles. The van der Waals surface area contributed by atoms with Crippen LogP contribution in [0.4, 0.5) is 0 Å². The van der Waals surface area contributed by atoms with Crippen LogP contribution in [0.25, 0.3) is 0 Å². The lowest BCUT2D eigenvalue weighted by Crippen LogP contribution is -2.15. The second-order valence-electron chi connectivity index (χ2n) is 5.52. The third-order valence-corrected chi connectivity index (χ3v) is 4.06. The Balaban J connectivity index is 2.10. The average Bonchev–Trinajstić information content (AvgIpc) is 2.85. The number of rotatable bonds is 8. The Labute approximate surface area is 134 Å². The molecule has 2 N–H and O–H groups in total. The number of carbonyl (C=O) groups is 1. The van der Waals surface area contributed by atoms with Gasteiger partial charge in [0.2, 0.25) is 5.91 Å². The summed E-state index contributed by atoms with van der Waals surface area (Å²) in [5.41, 5.74) is 6.37. The zero-order valence-corrected chi connectivity index (χ0v) is 13.7. The van der Waals surface area contributed by atoms with Gasteiger partial charge in [0.25, 0.3) is 0 Å². The predicted molar refractivity (Wildman–Crippen MR) is 86.2 cm³/mol. The Morgan fingerprint density at radius 1 is 1.41 bits per heavy atom. The summed E-state index contributed by atoms with van der Waals surface area (Å²) in [4.78, 5) is 15.1. The third kappa shape index (κ3) is 4.84. The molecule has 2 rings (SSSR count). The van der Waals surface area contributed by atoms with Gasteiger partial charge in [0.1, 0.15) is 5.82 Å². The van der Waals surface area contributed by atoms with Crippen molar-refractivity contribution in [3.05, 3.63) is 35.9 Å². The zero-order chi connectivity index (χ0) is 15.9. The van der Waals surface area contributed by atoms with E-state index in [0.29, 0.717) is 18.8 Å². The highest BCUT2D eigenvalue weighted by Gasteiger charge is 2.14. The number of aryl methyl sites for hydroxylation is 1. The molecular formula is C15H21N5OS. The number of hydrogen-bond acceptors (Lipinski definition) is 5. The van der Waals surface area contributed by atoms with Crippen molar-refractivity contribution < 1.29 is 4.79 Å². The van der Waals surface area contributed by atoms with Crippen LogP contribution in [0.1, 0.15) is 31.7 Å². The maximum atomic E-state index is 11.0. The van der Waals surface area contributed by atoms with E-state index in [-0.39, 0.29) is 5.91 Å². The summed E-state index contributed by atoms with van der Waals surface area (Å²) in [7, 11) is 0. The van der Waals surface area contributed by atoms with E-state index in [1.807, 2.05) is 18.3 Å². The van der Waals surface area contributed by atoms with Gasteiger partial charge in [-0.25, -0.2) is 0 Å². The zero-order valence-electron chi connectivity index (χ0n) is 12.9. The first kappa shape index (κ1) is 16.5. The molecule has 2 aromatic rings. The molecule has 2 aromatic heterocycles. The summed E-state index contributed by atoms with van der Waals surface area (Å²) in [6, 6.07) is 3.96. The summed E-state index contributed by atoms with van der Waals surface area (Å²) in [5, 5.41) is 9.36. The molecule has 2 heterocycles. The monoisotopic (exact) mass is 319 g/mol. The molecule has 0 aromatic carbocycles. The van der Waals surface area contributed by atoms with E-state index in [1.165, 1.54) is 0 Å². The first-order valence-electron chi connectivity index (χ1n) is 7.28. The fourth-order valence-electron chi connectivity index (χ4n) is 2.03. The largest absolute Gasteiger partial charge is 0.370 e. The topological polar surface area (TPSA) is 86.7 Å². The molecule has 0 saturated heterocycles. The molecular weight excluding hydrogens is 298 g/mol. The number of thioether (sulfide) groups is 1. The number of aromatic nitrogens is 4. The van der Waals surface area contributed by atoms with Crippen LogP contribution >= 0.6 is 11.8 Å². The fraction of sp³-hybridized carbons (Fsp3) is 0.467. The van der Waals surface area contributed by atoms with E-state index in [0.717, 1.165) is 28.8 Å². The van der Waals surface area contributed by atoms with Gasteiger partial charge in [-0.3, -0.25) is 9.78 Å². The summed E-state index contributed by atoms with van der Waals surface area (Å²) in [6.07, 6.45) is 4.44. The van der Waals surface area contributed by atoms with E-state index >= 15 is 0 Å². The quantitative estimate of drug-likeness (QED) is 0.752. The molecule has 0 aliphatic heterocycles. The minimum absolute atomic E-state index is 0.295. The molecule has 0 saturated carbocycles. The van der Waals surface area contributed by atoms with Crippen molar-refractivity contribution in [3.8, 4) is 0 Å². The Bertz CT molecular complexity index is 612. The predicted octanol–water partition coefficient (Wildman–Crippen LogP) is 2.04. The van der Waals surface area contributed by atoms with Gasteiger partial charge in [-0.05, 0) is 17.5 Å². The van der Waals surface area contributed by atoms with Crippen molar-refractivity contribution in [2.24, 2.45) is 11.7 Å². The summed E-state index contributed by atoms with van der Waals surface area (Å²) in [5.74, 6) is 1.77. The van der Waals surface area contributed by atoms with Gasteiger partial charge in [0.05, 0.1) is 0 Å². The summed E-state index contributed by atoms with van der Waals surface area (Å²) < 4.78 is 2.09. The normalized spacial score (nSPS) is 11.0. The van der Waals surface area contributed by atoms with Crippen LogP contribution in [-0.4, -0.2) is 25.7 Å². The molecule has 118 valence electrons. The molecule has 0 bridgehead atoms. The van der Waals surface area contributed by atoms with Crippen molar-refractivity contribution in [1.29, 1.82) is 0 Å². The van der Waals surface area contributed by atoms with Crippen molar-refractivity contribution in [1.82, 2.24) is 19.7 Å². The van der Waals surface area contributed by atoms with Gasteiger partial charge in [0, 0.05) is 37.5 Å². The highest BCUT2D eigenvalue weighted by molar-refractivity contribution is 7.98. The summed E-state index contributed by atoms with van der Waals surface area (Å²) >= 11 is 1.63. The van der Waals surface area contributed by atoms with Crippen LogP contribution in [-0.2, 0) is 23.5 Å². The second-order valence-corrected chi connectivity index (χ2v) is 6.46. The van der Waals surface area contributed by atoms with Gasteiger partial charge >= 0.3 is 0 Å². The van der Waals surface area contributed by atoms with Crippen LogP contribution < -0.4 is 5.73 Å². The number of nitrogens with two attached hydrogens (primary N) is 1. The molecule has 0 aliphatic rings. The summed E-state index contributed by atoms with van der Waals surface area (Å²) in [6.45, 7) is 5.12. The Morgan fingerprint density at radius 3 is 2.86 bits per heavy atom. The minimum Gasteiger partial charge on any atom is -0.370 e. The van der Waals surface area contributed by atoms with Crippen LogP contribution in [0.5, 0.6) is 0 Å². The number of nitrogens with zero attached hydrogens (tertiary/aromatic N) is 4. The third-order valence-electron chi connectivity index (χ3n) is 3.03. The SMILES string of the molecule is CC(C)Cn1c(CCC(N)=O)nnc1SCc1cccnc1. The average molecular weight is 319 g/mol. The van der Waals surface area contributed by atoms with Crippen LogP contribution in [0.2, 0.25) is 0 Å². The smallest absolute Gasteiger partial charge is 0.217 e.